The molecule has 8 heteroatoms. The molecule has 34 heavy (non-hydrogen) atoms. The minimum absolute atomic E-state index is 0.190. The highest BCUT2D eigenvalue weighted by molar-refractivity contribution is 5.94. The number of nitrogens with one attached hydrogen (secondary N) is 1. The first-order valence-electron chi connectivity index (χ1n) is 11.6. The number of carbonyl (C=O) groups excluding carboxylic acids is 1. The van der Waals surface area contributed by atoms with Crippen molar-refractivity contribution in [1.82, 2.24) is 10.2 Å². The first kappa shape index (κ1) is 22.0. The number of ether oxygens (including phenoxy) is 3. The maximum atomic E-state index is 12.7. The van der Waals surface area contributed by atoms with Crippen molar-refractivity contribution in [2.75, 3.05) is 30.1 Å². The van der Waals surface area contributed by atoms with Crippen LogP contribution in [0.5, 0.6) is 17.2 Å². The molecule has 0 bridgehead atoms. The van der Waals surface area contributed by atoms with E-state index in [2.05, 4.69) is 27.3 Å². The van der Waals surface area contributed by atoms with Gasteiger partial charge in [-0.1, -0.05) is 19.1 Å². The van der Waals surface area contributed by atoms with E-state index in [4.69, 9.17) is 14.2 Å². The zero-order valence-electron chi connectivity index (χ0n) is 19.4. The van der Waals surface area contributed by atoms with Crippen molar-refractivity contribution in [3.63, 3.8) is 0 Å². The average Bonchev–Trinajstić information content (AvgIpc) is 3.33. The van der Waals surface area contributed by atoms with E-state index in [1.54, 1.807) is 25.1 Å². The van der Waals surface area contributed by atoms with Crippen molar-refractivity contribution in [2.24, 2.45) is 5.92 Å². The second-order valence-electron chi connectivity index (χ2n) is 8.79. The molecule has 1 amide bonds. The third-order valence-electron chi connectivity index (χ3n) is 6.21. The highest BCUT2D eigenvalue weighted by Gasteiger charge is 2.19. The molecule has 3 heterocycles. The lowest BCUT2D eigenvalue weighted by Gasteiger charge is -2.30. The van der Waals surface area contributed by atoms with Gasteiger partial charge in [0.1, 0.15) is 5.75 Å². The van der Waals surface area contributed by atoms with Gasteiger partial charge in [-0.2, -0.15) is 0 Å². The summed E-state index contributed by atoms with van der Waals surface area (Å²) in [6.45, 7) is 6.22. The molecule has 0 saturated carbocycles. The lowest BCUT2D eigenvalue weighted by molar-refractivity contribution is -0.122. The van der Waals surface area contributed by atoms with Crippen molar-refractivity contribution in [1.29, 1.82) is 0 Å². The fraction of sp³-hybridized carbons (Fsp3) is 0.346. The van der Waals surface area contributed by atoms with E-state index in [1.807, 2.05) is 36.4 Å². The molecule has 2 aliphatic heterocycles. The number of hydrogen-bond donors (Lipinski definition) is 1. The number of benzene rings is 2. The van der Waals surface area contributed by atoms with Crippen molar-refractivity contribution in [3.05, 3.63) is 54.6 Å². The van der Waals surface area contributed by atoms with Crippen molar-refractivity contribution < 1.29 is 19.0 Å². The third-order valence-corrected chi connectivity index (χ3v) is 6.21. The van der Waals surface area contributed by atoms with Gasteiger partial charge < -0.3 is 24.4 Å². The smallest absolute Gasteiger partial charge is 0.265 e. The quantitative estimate of drug-likeness (QED) is 0.579. The molecular formula is C26H28N4O4. The molecule has 1 aromatic heterocycles. The Labute approximate surface area is 198 Å². The van der Waals surface area contributed by atoms with E-state index in [1.165, 1.54) is 12.8 Å². The van der Waals surface area contributed by atoms with Gasteiger partial charge >= 0.3 is 0 Å². The van der Waals surface area contributed by atoms with Gasteiger partial charge in [0, 0.05) is 30.4 Å². The van der Waals surface area contributed by atoms with Crippen LogP contribution < -0.4 is 24.4 Å². The summed E-state index contributed by atoms with van der Waals surface area (Å²) in [5.74, 6) is 3.25. The molecule has 0 radical (unpaired) electrons. The molecule has 0 aliphatic carbocycles. The van der Waals surface area contributed by atoms with E-state index in [-0.39, 0.29) is 12.7 Å². The summed E-state index contributed by atoms with van der Waals surface area (Å²) in [5.41, 5.74) is 2.31. The number of nitrogens with zero attached hydrogens (tertiary/aromatic N) is 3. The minimum Gasteiger partial charge on any atom is -0.481 e. The Hall–Kier alpha value is -3.81. The number of aromatic nitrogens is 2. The summed E-state index contributed by atoms with van der Waals surface area (Å²) < 4.78 is 16.5. The van der Waals surface area contributed by atoms with Crippen LogP contribution in [-0.2, 0) is 4.79 Å². The largest absolute Gasteiger partial charge is 0.481 e. The lowest BCUT2D eigenvalue weighted by atomic mass is 9.99. The van der Waals surface area contributed by atoms with Crippen LogP contribution in [-0.4, -0.2) is 42.1 Å². The van der Waals surface area contributed by atoms with Crippen LogP contribution in [0.3, 0.4) is 0 Å². The average molecular weight is 461 g/mol. The molecule has 5 rings (SSSR count). The van der Waals surface area contributed by atoms with Crippen LogP contribution in [0.1, 0.15) is 26.7 Å². The van der Waals surface area contributed by atoms with E-state index >= 15 is 0 Å². The monoisotopic (exact) mass is 460 g/mol. The standard InChI is InChI=1S/C26H28N4O4/c1-17-10-12-30(13-11-17)25-9-7-22(28-29-25)19-4-3-5-20(14-19)27-26(31)18(2)34-21-6-8-23-24(15-21)33-16-32-23/h3-9,14-15,17-18H,10-13,16H2,1-2H3,(H,27,31). The summed E-state index contributed by atoms with van der Waals surface area (Å²) in [4.78, 5) is 15.0. The number of hydrogen-bond acceptors (Lipinski definition) is 7. The molecule has 8 nitrogen and oxygen atoms in total. The van der Waals surface area contributed by atoms with Crippen molar-refractivity contribution in [3.8, 4) is 28.5 Å². The Balaban J connectivity index is 1.22. The van der Waals surface area contributed by atoms with Crippen LogP contribution in [0.25, 0.3) is 11.3 Å². The number of rotatable bonds is 6. The molecule has 1 atom stereocenters. The molecule has 176 valence electrons. The number of piperidine rings is 1. The molecule has 3 aromatic rings. The van der Waals surface area contributed by atoms with E-state index < -0.39 is 6.10 Å². The Morgan fingerprint density at radius 1 is 1.06 bits per heavy atom. The Kier molecular flexibility index (Phi) is 6.20. The van der Waals surface area contributed by atoms with Gasteiger partial charge in [0.2, 0.25) is 6.79 Å². The van der Waals surface area contributed by atoms with Gasteiger partial charge in [-0.25, -0.2) is 0 Å². The normalized spacial score (nSPS) is 16.2. The summed E-state index contributed by atoms with van der Waals surface area (Å²) in [6.07, 6.45) is 1.67. The molecule has 2 aromatic carbocycles. The highest BCUT2D eigenvalue weighted by atomic mass is 16.7. The van der Waals surface area contributed by atoms with Gasteiger partial charge in [-0.15, -0.1) is 10.2 Å². The fourth-order valence-corrected chi connectivity index (χ4v) is 4.09. The predicted octanol–water partition coefficient (Wildman–Crippen LogP) is 4.51. The Morgan fingerprint density at radius 2 is 1.88 bits per heavy atom. The van der Waals surface area contributed by atoms with Gasteiger partial charge in [-0.3, -0.25) is 4.79 Å². The second kappa shape index (κ2) is 9.59. The van der Waals surface area contributed by atoms with Crippen LogP contribution in [0.15, 0.2) is 54.6 Å². The first-order valence-corrected chi connectivity index (χ1v) is 11.6. The van der Waals surface area contributed by atoms with Crippen LogP contribution in [0.4, 0.5) is 11.5 Å². The van der Waals surface area contributed by atoms with Gasteiger partial charge in [0.25, 0.3) is 5.91 Å². The van der Waals surface area contributed by atoms with E-state index in [0.29, 0.717) is 22.9 Å². The molecular weight excluding hydrogens is 432 g/mol. The molecule has 1 fully saturated rings. The molecule has 2 aliphatic rings. The summed E-state index contributed by atoms with van der Waals surface area (Å²) in [5, 5.41) is 11.8. The number of carbonyl (C=O) groups is 1. The second-order valence-corrected chi connectivity index (χ2v) is 8.79. The van der Waals surface area contributed by atoms with Gasteiger partial charge in [0.15, 0.2) is 23.4 Å². The molecule has 1 saturated heterocycles. The van der Waals surface area contributed by atoms with Crippen LogP contribution in [0, 0.1) is 5.92 Å². The lowest BCUT2D eigenvalue weighted by Crippen LogP contribution is -2.33. The Morgan fingerprint density at radius 3 is 2.68 bits per heavy atom. The highest BCUT2D eigenvalue weighted by Crippen LogP contribution is 2.35. The summed E-state index contributed by atoms with van der Waals surface area (Å²) in [6, 6.07) is 16.8. The first-order chi connectivity index (χ1) is 16.5. The predicted molar refractivity (Wildman–Crippen MR) is 129 cm³/mol. The fourth-order valence-electron chi connectivity index (χ4n) is 4.09. The van der Waals surface area contributed by atoms with Crippen molar-refractivity contribution in [2.45, 2.75) is 32.8 Å². The van der Waals surface area contributed by atoms with Crippen LogP contribution in [0.2, 0.25) is 0 Å². The van der Waals surface area contributed by atoms with Gasteiger partial charge in [-0.05, 0) is 62.1 Å². The number of anilines is 2. The molecule has 1 N–H and O–H groups in total. The molecule has 0 spiro atoms. The number of amides is 1. The minimum atomic E-state index is -0.699. The maximum absolute atomic E-state index is 12.7. The Bertz CT molecular complexity index is 1160. The van der Waals surface area contributed by atoms with Gasteiger partial charge in [0.05, 0.1) is 5.69 Å². The summed E-state index contributed by atoms with van der Waals surface area (Å²) in [7, 11) is 0. The molecule has 1 unspecified atom stereocenters. The zero-order valence-corrected chi connectivity index (χ0v) is 19.4. The van der Waals surface area contributed by atoms with Crippen molar-refractivity contribution >= 4 is 17.4 Å². The van der Waals surface area contributed by atoms with E-state index in [9.17, 15) is 4.79 Å². The topological polar surface area (TPSA) is 85.8 Å². The summed E-state index contributed by atoms with van der Waals surface area (Å²) >= 11 is 0. The van der Waals surface area contributed by atoms with E-state index in [0.717, 1.165) is 36.1 Å². The third kappa shape index (κ3) is 4.90. The SMILES string of the molecule is CC1CCN(c2ccc(-c3cccc(NC(=O)C(C)Oc4ccc5c(c4)OCO5)c3)nn2)CC1. The number of fused-ring (bicyclic) bond motifs is 1. The maximum Gasteiger partial charge on any atom is 0.265 e. The zero-order chi connectivity index (χ0) is 23.5. The van der Waals surface area contributed by atoms with Crippen LogP contribution >= 0.6 is 0 Å².